The summed E-state index contributed by atoms with van der Waals surface area (Å²) >= 11 is 0. The van der Waals surface area contributed by atoms with Crippen LogP contribution in [0.3, 0.4) is 0 Å². The minimum absolute atomic E-state index is 0.0973. The van der Waals surface area contributed by atoms with Crippen LogP contribution in [-0.2, 0) is 6.42 Å². The topological polar surface area (TPSA) is 81.8 Å². The molecule has 6 heteroatoms. The first-order valence-electron chi connectivity index (χ1n) is 9.83. The van der Waals surface area contributed by atoms with E-state index in [1.807, 2.05) is 54.6 Å². The molecule has 0 aliphatic carbocycles. The van der Waals surface area contributed by atoms with Gasteiger partial charge in [0, 0.05) is 44.0 Å². The monoisotopic (exact) mass is 382 g/mol. The standard InChI is InChI=1S/C22H30N4O2/c1-25-11-13-26(14-12-25)19-9-7-18(8-10-19)22(28)24-20(21(27)16-23)15-17-5-3-2-4-6-17/h2-10,20-21,27H,11-16,23H2,1H3,(H,24,28)/t20-,21+/m0/s1. The molecule has 1 heterocycles. The van der Waals surface area contributed by atoms with E-state index >= 15 is 0 Å². The molecule has 0 bridgehead atoms. The fourth-order valence-corrected chi connectivity index (χ4v) is 3.46. The number of carbonyl (C=O) groups excluding carboxylic acids is 1. The number of aliphatic hydroxyl groups is 1. The van der Waals surface area contributed by atoms with Crippen molar-refractivity contribution in [2.24, 2.45) is 5.73 Å². The predicted octanol–water partition coefficient (Wildman–Crippen LogP) is 1.10. The molecule has 1 fully saturated rings. The number of amides is 1. The van der Waals surface area contributed by atoms with Gasteiger partial charge >= 0.3 is 0 Å². The van der Waals surface area contributed by atoms with Crippen molar-refractivity contribution in [3.05, 3.63) is 65.7 Å². The maximum absolute atomic E-state index is 12.7. The molecule has 6 nitrogen and oxygen atoms in total. The number of carbonyl (C=O) groups is 1. The number of hydrogen-bond acceptors (Lipinski definition) is 5. The molecule has 1 aliphatic rings. The number of anilines is 1. The number of likely N-dealkylation sites (N-methyl/N-ethyl adjacent to an activating group) is 1. The van der Waals surface area contributed by atoms with Gasteiger partial charge in [0.05, 0.1) is 12.1 Å². The maximum Gasteiger partial charge on any atom is 0.251 e. The molecular formula is C22H30N4O2. The molecule has 28 heavy (non-hydrogen) atoms. The van der Waals surface area contributed by atoms with E-state index in [0.29, 0.717) is 12.0 Å². The fourth-order valence-electron chi connectivity index (χ4n) is 3.46. The second kappa shape index (κ2) is 9.68. The Morgan fingerprint density at radius 2 is 1.71 bits per heavy atom. The van der Waals surface area contributed by atoms with Gasteiger partial charge in [0.2, 0.25) is 0 Å². The maximum atomic E-state index is 12.7. The number of benzene rings is 2. The van der Waals surface area contributed by atoms with E-state index < -0.39 is 12.1 Å². The van der Waals surface area contributed by atoms with Crippen LogP contribution in [0, 0.1) is 0 Å². The minimum atomic E-state index is -0.797. The second-order valence-corrected chi connectivity index (χ2v) is 7.41. The fraction of sp³-hybridized carbons (Fsp3) is 0.409. The third-order valence-corrected chi connectivity index (χ3v) is 5.32. The Hall–Kier alpha value is -2.41. The van der Waals surface area contributed by atoms with Crippen LogP contribution in [0.1, 0.15) is 15.9 Å². The highest BCUT2D eigenvalue weighted by Gasteiger charge is 2.22. The predicted molar refractivity (Wildman–Crippen MR) is 113 cm³/mol. The lowest BCUT2D eigenvalue weighted by Gasteiger charge is -2.34. The van der Waals surface area contributed by atoms with Gasteiger partial charge in [-0.1, -0.05) is 30.3 Å². The van der Waals surface area contributed by atoms with Crippen LogP contribution in [0.15, 0.2) is 54.6 Å². The zero-order valence-electron chi connectivity index (χ0n) is 16.4. The normalized spacial score (nSPS) is 17.2. The van der Waals surface area contributed by atoms with E-state index in [4.69, 9.17) is 5.73 Å². The van der Waals surface area contributed by atoms with Gasteiger partial charge in [-0.3, -0.25) is 4.79 Å². The largest absolute Gasteiger partial charge is 0.390 e. The first-order valence-corrected chi connectivity index (χ1v) is 9.83. The molecule has 0 aromatic heterocycles. The molecule has 2 aromatic carbocycles. The zero-order valence-corrected chi connectivity index (χ0v) is 16.4. The van der Waals surface area contributed by atoms with E-state index in [9.17, 15) is 9.90 Å². The van der Waals surface area contributed by atoms with Crippen LogP contribution in [0.2, 0.25) is 0 Å². The van der Waals surface area contributed by atoms with Crippen LogP contribution in [0.4, 0.5) is 5.69 Å². The molecule has 0 radical (unpaired) electrons. The summed E-state index contributed by atoms with van der Waals surface area (Å²) in [6.45, 7) is 4.16. The van der Waals surface area contributed by atoms with E-state index in [-0.39, 0.29) is 12.5 Å². The van der Waals surface area contributed by atoms with Gasteiger partial charge in [-0.2, -0.15) is 0 Å². The van der Waals surface area contributed by atoms with Crippen molar-refractivity contribution in [3.8, 4) is 0 Å². The molecule has 1 amide bonds. The summed E-state index contributed by atoms with van der Waals surface area (Å²) in [6.07, 6.45) is -0.265. The van der Waals surface area contributed by atoms with Crippen LogP contribution in [0.25, 0.3) is 0 Å². The van der Waals surface area contributed by atoms with E-state index in [2.05, 4.69) is 22.2 Å². The number of rotatable bonds is 7. The Labute approximate surface area is 166 Å². The molecule has 2 aromatic rings. The van der Waals surface area contributed by atoms with Crippen molar-refractivity contribution in [1.82, 2.24) is 10.2 Å². The summed E-state index contributed by atoms with van der Waals surface area (Å²) in [4.78, 5) is 17.4. The average Bonchev–Trinajstić information content (AvgIpc) is 2.74. The highest BCUT2D eigenvalue weighted by molar-refractivity contribution is 5.94. The molecular weight excluding hydrogens is 352 g/mol. The Morgan fingerprint density at radius 3 is 2.32 bits per heavy atom. The SMILES string of the molecule is CN1CCN(c2ccc(C(=O)N[C@@H](Cc3ccccc3)[C@H](O)CN)cc2)CC1. The van der Waals surface area contributed by atoms with E-state index in [0.717, 1.165) is 37.4 Å². The third kappa shape index (κ3) is 5.32. The highest BCUT2D eigenvalue weighted by atomic mass is 16.3. The van der Waals surface area contributed by atoms with Gasteiger partial charge in [0.15, 0.2) is 0 Å². The molecule has 0 saturated carbocycles. The molecule has 150 valence electrons. The molecule has 0 spiro atoms. The summed E-state index contributed by atoms with van der Waals surface area (Å²) in [7, 11) is 2.13. The summed E-state index contributed by atoms with van der Waals surface area (Å²) in [6, 6.07) is 17.0. The highest BCUT2D eigenvalue weighted by Crippen LogP contribution is 2.17. The van der Waals surface area contributed by atoms with Crippen LogP contribution in [0.5, 0.6) is 0 Å². The first-order chi connectivity index (χ1) is 13.6. The van der Waals surface area contributed by atoms with Gasteiger partial charge in [0.25, 0.3) is 5.91 Å². The van der Waals surface area contributed by atoms with E-state index in [1.165, 1.54) is 0 Å². The molecule has 1 saturated heterocycles. The smallest absolute Gasteiger partial charge is 0.251 e. The van der Waals surface area contributed by atoms with Crippen molar-refractivity contribution in [2.75, 3.05) is 44.7 Å². The number of hydrogen-bond donors (Lipinski definition) is 3. The lowest BCUT2D eigenvalue weighted by molar-refractivity contribution is 0.0845. The van der Waals surface area contributed by atoms with Gasteiger partial charge in [-0.25, -0.2) is 0 Å². The van der Waals surface area contributed by atoms with Crippen molar-refractivity contribution in [3.63, 3.8) is 0 Å². The molecule has 1 aliphatic heterocycles. The van der Waals surface area contributed by atoms with Gasteiger partial charge in [0.1, 0.15) is 0 Å². The molecule has 0 unspecified atom stereocenters. The first kappa shape index (κ1) is 20.3. The van der Waals surface area contributed by atoms with Crippen LogP contribution < -0.4 is 16.0 Å². The third-order valence-electron chi connectivity index (χ3n) is 5.32. The lowest BCUT2D eigenvalue weighted by Crippen LogP contribution is -2.47. The summed E-state index contributed by atoms with van der Waals surface area (Å²) < 4.78 is 0. The van der Waals surface area contributed by atoms with Crippen molar-refractivity contribution >= 4 is 11.6 Å². The Balaban J connectivity index is 1.64. The number of nitrogens with one attached hydrogen (secondary N) is 1. The molecule has 4 N–H and O–H groups in total. The zero-order chi connectivity index (χ0) is 19.9. The quantitative estimate of drug-likeness (QED) is 0.668. The lowest BCUT2D eigenvalue weighted by atomic mass is 10.0. The van der Waals surface area contributed by atoms with Crippen LogP contribution in [-0.4, -0.2) is 67.8 Å². The van der Waals surface area contributed by atoms with E-state index in [1.54, 1.807) is 0 Å². The summed E-state index contributed by atoms with van der Waals surface area (Å²) in [5.74, 6) is -0.196. The second-order valence-electron chi connectivity index (χ2n) is 7.41. The van der Waals surface area contributed by atoms with Crippen molar-refractivity contribution in [1.29, 1.82) is 0 Å². The van der Waals surface area contributed by atoms with Crippen molar-refractivity contribution in [2.45, 2.75) is 18.6 Å². The minimum Gasteiger partial charge on any atom is -0.390 e. The Kier molecular flexibility index (Phi) is 7.03. The van der Waals surface area contributed by atoms with Gasteiger partial charge < -0.3 is 26.0 Å². The van der Waals surface area contributed by atoms with Crippen LogP contribution >= 0.6 is 0 Å². The Bertz CT molecular complexity index is 743. The number of piperazine rings is 1. The summed E-state index contributed by atoms with van der Waals surface area (Å²) in [5.41, 5.74) is 8.41. The van der Waals surface area contributed by atoms with Crippen molar-refractivity contribution < 1.29 is 9.90 Å². The number of aliphatic hydroxyl groups excluding tert-OH is 1. The van der Waals surface area contributed by atoms with Gasteiger partial charge in [-0.15, -0.1) is 0 Å². The molecule has 2 atom stereocenters. The number of nitrogens with two attached hydrogens (primary N) is 1. The summed E-state index contributed by atoms with van der Waals surface area (Å²) in [5, 5.41) is 13.2. The average molecular weight is 383 g/mol. The Morgan fingerprint density at radius 1 is 1.07 bits per heavy atom. The van der Waals surface area contributed by atoms with Gasteiger partial charge in [-0.05, 0) is 43.3 Å². The number of nitrogens with zero attached hydrogens (tertiary/aromatic N) is 2. The molecule has 3 rings (SSSR count).